The molecule has 0 radical (unpaired) electrons. The minimum atomic E-state index is -3.44. The fourth-order valence-electron chi connectivity index (χ4n) is 1.19. The van der Waals surface area contributed by atoms with Gasteiger partial charge in [0.1, 0.15) is 0 Å². The first-order chi connectivity index (χ1) is 7.36. The van der Waals surface area contributed by atoms with Gasteiger partial charge in [-0.15, -0.1) is 11.6 Å². The van der Waals surface area contributed by atoms with Crippen molar-refractivity contribution in [2.24, 2.45) is 0 Å². The molecule has 0 spiro atoms. The van der Waals surface area contributed by atoms with E-state index in [0.29, 0.717) is 5.69 Å². The lowest BCUT2D eigenvalue weighted by atomic mass is 10.1. The van der Waals surface area contributed by atoms with Crippen LogP contribution in [-0.4, -0.2) is 30.0 Å². The van der Waals surface area contributed by atoms with Crippen LogP contribution in [0.5, 0.6) is 0 Å². The lowest BCUT2D eigenvalue weighted by molar-refractivity contribution is 0.585. The highest BCUT2D eigenvalue weighted by Gasteiger charge is 2.19. The molecular weight excluding hydrogens is 248 g/mol. The van der Waals surface area contributed by atoms with Gasteiger partial charge < -0.3 is 0 Å². The monoisotopic (exact) mass is 262 g/mol. The first-order valence-electron chi connectivity index (χ1n) is 5.01. The molecule has 4 nitrogen and oxygen atoms in total. The average Bonchev–Trinajstić information content (AvgIpc) is 2.16. The van der Waals surface area contributed by atoms with Gasteiger partial charge in [0.15, 0.2) is 0 Å². The number of rotatable bonds is 4. The third-order valence-electron chi connectivity index (χ3n) is 2.07. The summed E-state index contributed by atoms with van der Waals surface area (Å²) in [5, 5.41) is -0.114. The number of alkyl halides is 1. The molecule has 1 rings (SSSR count). The molecule has 0 saturated carbocycles. The zero-order valence-corrected chi connectivity index (χ0v) is 11.1. The largest absolute Gasteiger partial charge is 0.247 e. The highest BCUT2D eigenvalue weighted by Crippen LogP contribution is 2.15. The first-order valence-corrected chi connectivity index (χ1v) is 7.20. The molecule has 0 N–H and O–H groups in total. The van der Waals surface area contributed by atoms with Gasteiger partial charge in [-0.3, -0.25) is 0 Å². The number of aromatic nitrogens is 2. The molecule has 0 aliphatic carbocycles. The van der Waals surface area contributed by atoms with E-state index in [0.717, 1.165) is 5.69 Å². The topological polar surface area (TPSA) is 59.9 Å². The summed E-state index contributed by atoms with van der Waals surface area (Å²) in [4.78, 5) is 8.01. The SMILES string of the molecule is Cc1cc(C(C)C)nc(S(=O)(=O)CCCl)n1. The standard InChI is InChI=1S/C10H15ClN2O2S/c1-7(2)9-6-8(3)12-10(13-9)16(14,15)5-4-11/h6-7H,4-5H2,1-3H3. The second kappa shape index (κ2) is 5.10. The summed E-state index contributed by atoms with van der Waals surface area (Å²) in [5.74, 6) is 0.0956. The van der Waals surface area contributed by atoms with Gasteiger partial charge in [0, 0.05) is 17.3 Å². The van der Waals surface area contributed by atoms with E-state index in [1.807, 2.05) is 13.8 Å². The molecule has 0 saturated heterocycles. The quantitative estimate of drug-likeness (QED) is 0.614. The lowest BCUT2D eigenvalue weighted by Crippen LogP contribution is -2.14. The fourth-order valence-corrected chi connectivity index (χ4v) is 2.72. The molecule has 1 aromatic heterocycles. The van der Waals surface area contributed by atoms with Gasteiger partial charge >= 0.3 is 0 Å². The van der Waals surface area contributed by atoms with E-state index in [9.17, 15) is 8.42 Å². The minimum Gasteiger partial charge on any atom is -0.224 e. The maximum absolute atomic E-state index is 11.7. The van der Waals surface area contributed by atoms with Crippen molar-refractivity contribution >= 4 is 21.4 Å². The van der Waals surface area contributed by atoms with Gasteiger partial charge in [-0.2, -0.15) is 0 Å². The second-order valence-electron chi connectivity index (χ2n) is 3.88. The van der Waals surface area contributed by atoms with E-state index in [1.165, 1.54) is 0 Å². The molecule has 0 bridgehead atoms. The molecule has 1 heterocycles. The van der Waals surface area contributed by atoms with Crippen LogP contribution in [0.3, 0.4) is 0 Å². The van der Waals surface area contributed by atoms with E-state index in [4.69, 9.17) is 11.6 Å². The molecule has 0 aliphatic rings. The van der Waals surface area contributed by atoms with Crippen LogP contribution in [-0.2, 0) is 9.84 Å². The van der Waals surface area contributed by atoms with E-state index < -0.39 is 9.84 Å². The normalized spacial score (nSPS) is 12.1. The first kappa shape index (κ1) is 13.4. The maximum atomic E-state index is 11.7. The van der Waals surface area contributed by atoms with Crippen molar-refractivity contribution in [2.75, 3.05) is 11.6 Å². The number of nitrogens with zero attached hydrogens (tertiary/aromatic N) is 2. The molecule has 0 fully saturated rings. The summed E-state index contributed by atoms with van der Waals surface area (Å²) in [6.45, 7) is 5.67. The number of aryl methyl sites for hydroxylation is 1. The molecule has 0 aliphatic heterocycles. The lowest BCUT2D eigenvalue weighted by Gasteiger charge is -2.08. The van der Waals surface area contributed by atoms with Gasteiger partial charge in [0.25, 0.3) is 0 Å². The number of sulfone groups is 1. The molecule has 1 aromatic rings. The van der Waals surface area contributed by atoms with Crippen molar-refractivity contribution in [3.63, 3.8) is 0 Å². The average molecular weight is 263 g/mol. The van der Waals surface area contributed by atoms with Crippen LogP contribution in [0.4, 0.5) is 0 Å². The van der Waals surface area contributed by atoms with Crippen molar-refractivity contribution in [3.8, 4) is 0 Å². The third-order valence-corrected chi connectivity index (χ3v) is 3.96. The Labute approximate surface area is 101 Å². The van der Waals surface area contributed by atoms with Crippen molar-refractivity contribution in [2.45, 2.75) is 31.8 Å². The summed E-state index contributed by atoms with van der Waals surface area (Å²) >= 11 is 5.44. The van der Waals surface area contributed by atoms with E-state index >= 15 is 0 Å². The van der Waals surface area contributed by atoms with Gasteiger partial charge in [-0.25, -0.2) is 18.4 Å². The third kappa shape index (κ3) is 3.15. The summed E-state index contributed by atoms with van der Waals surface area (Å²) in [6.07, 6.45) is 0. The van der Waals surface area contributed by atoms with Crippen LogP contribution in [0.1, 0.15) is 31.2 Å². The molecule has 0 unspecified atom stereocenters. The van der Waals surface area contributed by atoms with Crippen molar-refractivity contribution in [1.29, 1.82) is 0 Å². The number of hydrogen-bond donors (Lipinski definition) is 0. The van der Waals surface area contributed by atoms with Gasteiger partial charge in [-0.1, -0.05) is 13.8 Å². The molecule has 0 amide bonds. The summed E-state index contributed by atoms with van der Waals surface area (Å²) in [5.41, 5.74) is 1.40. The van der Waals surface area contributed by atoms with Crippen molar-refractivity contribution in [1.82, 2.24) is 9.97 Å². The Balaban J connectivity index is 3.25. The molecule has 90 valence electrons. The Morgan fingerprint density at radius 3 is 2.50 bits per heavy atom. The number of hydrogen-bond acceptors (Lipinski definition) is 4. The summed E-state index contributed by atoms with van der Waals surface area (Å²) < 4.78 is 23.5. The predicted octanol–water partition coefficient (Wildman–Crippen LogP) is 1.92. The highest BCUT2D eigenvalue weighted by atomic mass is 35.5. The van der Waals surface area contributed by atoms with E-state index in [2.05, 4.69) is 9.97 Å². The van der Waals surface area contributed by atoms with Crippen LogP contribution in [0.25, 0.3) is 0 Å². The molecule has 0 atom stereocenters. The Hall–Kier alpha value is -0.680. The second-order valence-corrected chi connectivity index (χ2v) is 6.26. The smallest absolute Gasteiger partial charge is 0.224 e. The zero-order chi connectivity index (χ0) is 12.3. The predicted molar refractivity (Wildman–Crippen MR) is 63.6 cm³/mol. The van der Waals surface area contributed by atoms with Crippen LogP contribution in [0.2, 0.25) is 0 Å². The van der Waals surface area contributed by atoms with Crippen molar-refractivity contribution < 1.29 is 8.42 Å². The van der Waals surface area contributed by atoms with Crippen LogP contribution in [0.15, 0.2) is 11.2 Å². The Kier molecular flexibility index (Phi) is 4.27. The van der Waals surface area contributed by atoms with Crippen LogP contribution in [0, 0.1) is 6.92 Å². The Morgan fingerprint density at radius 2 is 2.00 bits per heavy atom. The van der Waals surface area contributed by atoms with Crippen molar-refractivity contribution in [3.05, 3.63) is 17.5 Å². The number of halogens is 1. The molecule has 16 heavy (non-hydrogen) atoms. The summed E-state index contributed by atoms with van der Waals surface area (Å²) in [6, 6.07) is 1.80. The zero-order valence-electron chi connectivity index (χ0n) is 9.57. The maximum Gasteiger partial charge on any atom is 0.247 e. The Bertz CT molecular complexity index is 472. The molecule has 6 heteroatoms. The van der Waals surface area contributed by atoms with Gasteiger partial charge in [0.2, 0.25) is 15.0 Å². The van der Waals surface area contributed by atoms with Gasteiger partial charge in [-0.05, 0) is 18.9 Å². The van der Waals surface area contributed by atoms with E-state index in [1.54, 1.807) is 13.0 Å². The van der Waals surface area contributed by atoms with E-state index in [-0.39, 0.29) is 22.7 Å². The van der Waals surface area contributed by atoms with Gasteiger partial charge in [0.05, 0.1) is 5.75 Å². The fraction of sp³-hybridized carbons (Fsp3) is 0.600. The molecular formula is C10H15ClN2O2S. The Morgan fingerprint density at radius 1 is 1.38 bits per heavy atom. The minimum absolute atomic E-state index is 0.0522. The molecule has 0 aromatic carbocycles. The van der Waals surface area contributed by atoms with Crippen LogP contribution < -0.4 is 0 Å². The highest BCUT2D eigenvalue weighted by molar-refractivity contribution is 7.91. The van der Waals surface area contributed by atoms with Crippen LogP contribution >= 0.6 is 11.6 Å². The summed E-state index contributed by atoms with van der Waals surface area (Å²) in [7, 11) is -3.44.